The standard InChI is InChI=1S/C26H34O5/c1-6-7-8-9-17-29-21-14-11-15-22-23(21)24(25(28-5)26(27)31-22)30-18-16-20(4)13-10-12-19(2)3/h7-8,11-12,14-16H,6,9-10,13,17-18H2,1-5H3/b8-7?,20-16+. The number of hydrogen-bond acceptors (Lipinski definition) is 5. The summed E-state index contributed by atoms with van der Waals surface area (Å²) in [5.41, 5.74) is 2.38. The third-order valence-electron chi connectivity index (χ3n) is 4.71. The summed E-state index contributed by atoms with van der Waals surface area (Å²) < 4.78 is 22.8. The summed E-state index contributed by atoms with van der Waals surface area (Å²) in [5, 5.41) is 0.606. The van der Waals surface area contributed by atoms with Crippen molar-refractivity contribution in [3.05, 3.63) is 64.1 Å². The van der Waals surface area contributed by atoms with Crippen molar-refractivity contribution in [3.8, 4) is 17.2 Å². The van der Waals surface area contributed by atoms with Crippen LogP contribution in [0.3, 0.4) is 0 Å². The van der Waals surface area contributed by atoms with Crippen molar-refractivity contribution in [1.82, 2.24) is 0 Å². The average molecular weight is 427 g/mol. The van der Waals surface area contributed by atoms with Gasteiger partial charge in [-0.3, -0.25) is 0 Å². The molecule has 0 aliphatic rings. The van der Waals surface area contributed by atoms with Crippen LogP contribution in [0.15, 0.2) is 62.9 Å². The predicted octanol–water partition coefficient (Wildman–Crippen LogP) is 6.61. The van der Waals surface area contributed by atoms with Crippen LogP contribution in [0.2, 0.25) is 0 Å². The molecule has 2 aromatic rings. The van der Waals surface area contributed by atoms with Crippen LogP contribution in [-0.2, 0) is 0 Å². The Morgan fingerprint density at radius 2 is 1.84 bits per heavy atom. The van der Waals surface area contributed by atoms with Gasteiger partial charge >= 0.3 is 5.63 Å². The molecule has 0 fully saturated rings. The Kier molecular flexibility index (Phi) is 9.95. The first kappa shape index (κ1) is 24.3. The van der Waals surface area contributed by atoms with Gasteiger partial charge in [0.25, 0.3) is 0 Å². The molecular weight excluding hydrogens is 392 g/mol. The van der Waals surface area contributed by atoms with Crippen molar-refractivity contribution in [1.29, 1.82) is 0 Å². The van der Waals surface area contributed by atoms with E-state index in [0.29, 0.717) is 35.7 Å². The molecule has 1 aromatic heterocycles. The van der Waals surface area contributed by atoms with Crippen LogP contribution in [0.5, 0.6) is 17.2 Å². The molecule has 2 rings (SSSR count). The van der Waals surface area contributed by atoms with E-state index in [1.54, 1.807) is 12.1 Å². The molecule has 0 spiro atoms. The lowest BCUT2D eigenvalue weighted by Gasteiger charge is -2.14. The zero-order chi connectivity index (χ0) is 22.6. The molecule has 1 aromatic carbocycles. The summed E-state index contributed by atoms with van der Waals surface area (Å²) in [4.78, 5) is 12.4. The van der Waals surface area contributed by atoms with Gasteiger partial charge in [-0.05, 0) is 64.7 Å². The largest absolute Gasteiger partial charge is 0.492 e. The van der Waals surface area contributed by atoms with E-state index in [9.17, 15) is 4.79 Å². The van der Waals surface area contributed by atoms with E-state index in [1.807, 2.05) is 12.1 Å². The van der Waals surface area contributed by atoms with Gasteiger partial charge in [-0.1, -0.05) is 42.4 Å². The van der Waals surface area contributed by atoms with Gasteiger partial charge in [0.15, 0.2) is 5.75 Å². The molecular formula is C26H34O5. The minimum Gasteiger partial charge on any atom is -0.492 e. The number of methoxy groups -OCH3 is 1. The van der Waals surface area contributed by atoms with Gasteiger partial charge in [-0.25, -0.2) is 4.79 Å². The Labute approximate surface area is 185 Å². The highest BCUT2D eigenvalue weighted by atomic mass is 16.5. The SMILES string of the molecule is CCC=CCCOc1cccc2oc(=O)c(OC)c(OC/C=C(\C)CCC=C(C)C)c12. The smallest absolute Gasteiger partial charge is 0.383 e. The maximum absolute atomic E-state index is 12.4. The summed E-state index contributed by atoms with van der Waals surface area (Å²) >= 11 is 0. The quantitative estimate of drug-likeness (QED) is 0.217. The Hall–Kier alpha value is -2.95. The van der Waals surface area contributed by atoms with Crippen LogP contribution in [0.1, 0.15) is 53.4 Å². The Morgan fingerprint density at radius 3 is 2.55 bits per heavy atom. The van der Waals surface area contributed by atoms with Crippen molar-refractivity contribution in [2.75, 3.05) is 20.3 Å². The zero-order valence-corrected chi connectivity index (χ0v) is 19.3. The molecule has 0 radical (unpaired) electrons. The summed E-state index contributed by atoms with van der Waals surface area (Å²) in [5.74, 6) is 0.996. The van der Waals surface area contributed by atoms with E-state index in [4.69, 9.17) is 18.6 Å². The molecule has 0 unspecified atom stereocenters. The maximum atomic E-state index is 12.4. The summed E-state index contributed by atoms with van der Waals surface area (Å²) in [6.07, 6.45) is 12.2. The second kappa shape index (κ2) is 12.7. The molecule has 5 heteroatoms. The average Bonchev–Trinajstić information content (AvgIpc) is 2.73. The summed E-state index contributed by atoms with van der Waals surface area (Å²) in [7, 11) is 1.43. The van der Waals surface area contributed by atoms with Crippen LogP contribution < -0.4 is 19.8 Å². The van der Waals surface area contributed by atoms with Gasteiger partial charge in [0.05, 0.1) is 13.7 Å². The van der Waals surface area contributed by atoms with Gasteiger partial charge in [0.2, 0.25) is 5.75 Å². The molecule has 168 valence electrons. The van der Waals surface area contributed by atoms with Crippen molar-refractivity contribution in [2.45, 2.75) is 53.4 Å². The maximum Gasteiger partial charge on any atom is 0.383 e. The first-order chi connectivity index (χ1) is 15.0. The molecule has 0 amide bonds. The van der Waals surface area contributed by atoms with Crippen LogP contribution in [-0.4, -0.2) is 20.3 Å². The van der Waals surface area contributed by atoms with Gasteiger partial charge in [-0.15, -0.1) is 0 Å². The fourth-order valence-electron chi connectivity index (χ4n) is 3.09. The molecule has 0 aliphatic heterocycles. The number of allylic oxidation sites excluding steroid dienone is 4. The molecule has 0 saturated heterocycles. The Morgan fingerprint density at radius 1 is 1.03 bits per heavy atom. The topological polar surface area (TPSA) is 57.9 Å². The van der Waals surface area contributed by atoms with Gasteiger partial charge in [0.1, 0.15) is 23.3 Å². The first-order valence-electron chi connectivity index (χ1n) is 10.8. The fourth-order valence-corrected chi connectivity index (χ4v) is 3.09. The second-order valence-corrected chi connectivity index (χ2v) is 7.58. The van der Waals surface area contributed by atoms with Crippen molar-refractivity contribution >= 4 is 11.0 Å². The lowest BCUT2D eigenvalue weighted by atomic mass is 10.1. The number of benzene rings is 1. The van der Waals surface area contributed by atoms with Crippen molar-refractivity contribution in [2.24, 2.45) is 0 Å². The molecule has 0 saturated carbocycles. The zero-order valence-electron chi connectivity index (χ0n) is 19.3. The van der Waals surface area contributed by atoms with Crippen molar-refractivity contribution < 1.29 is 18.6 Å². The normalized spacial score (nSPS) is 11.7. The van der Waals surface area contributed by atoms with E-state index in [2.05, 4.69) is 45.9 Å². The van der Waals surface area contributed by atoms with Gasteiger partial charge in [0, 0.05) is 0 Å². The number of fused-ring (bicyclic) bond motifs is 1. The predicted molar refractivity (Wildman–Crippen MR) is 126 cm³/mol. The number of ether oxygens (including phenoxy) is 3. The van der Waals surface area contributed by atoms with Crippen LogP contribution in [0, 0.1) is 0 Å². The molecule has 1 heterocycles. The summed E-state index contributed by atoms with van der Waals surface area (Å²) in [6.45, 7) is 9.20. The van der Waals surface area contributed by atoms with E-state index in [0.717, 1.165) is 25.7 Å². The van der Waals surface area contributed by atoms with E-state index < -0.39 is 5.63 Å². The van der Waals surface area contributed by atoms with Crippen LogP contribution in [0.25, 0.3) is 11.0 Å². The molecule has 0 aliphatic carbocycles. The molecule has 31 heavy (non-hydrogen) atoms. The Bertz CT molecular complexity index is 991. The summed E-state index contributed by atoms with van der Waals surface area (Å²) in [6, 6.07) is 5.37. The second-order valence-electron chi connectivity index (χ2n) is 7.58. The lowest BCUT2D eigenvalue weighted by molar-refractivity contribution is 0.307. The lowest BCUT2D eigenvalue weighted by Crippen LogP contribution is -2.09. The third-order valence-corrected chi connectivity index (χ3v) is 4.71. The highest BCUT2D eigenvalue weighted by Crippen LogP contribution is 2.38. The fraction of sp³-hybridized carbons (Fsp3) is 0.423. The van der Waals surface area contributed by atoms with E-state index >= 15 is 0 Å². The van der Waals surface area contributed by atoms with E-state index in [1.165, 1.54) is 18.3 Å². The Balaban J connectivity index is 2.28. The minimum absolute atomic E-state index is 0.0463. The third kappa shape index (κ3) is 7.35. The first-order valence-corrected chi connectivity index (χ1v) is 10.8. The minimum atomic E-state index is -0.572. The van der Waals surface area contributed by atoms with Gasteiger partial charge in [-0.2, -0.15) is 0 Å². The highest BCUT2D eigenvalue weighted by molar-refractivity contribution is 5.91. The number of hydrogen-bond donors (Lipinski definition) is 0. The number of rotatable bonds is 12. The van der Waals surface area contributed by atoms with Crippen LogP contribution >= 0.6 is 0 Å². The van der Waals surface area contributed by atoms with E-state index in [-0.39, 0.29) is 5.75 Å². The van der Waals surface area contributed by atoms with Gasteiger partial charge < -0.3 is 18.6 Å². The van der Waals surface area contributed by atoms with Crippen LogP contribution in [0.4, 0.5) is 0 Å². The monoisotopic (exact) mass is 426 g/mol. The molecule has 0 bridgehead atoms. The molecule has 5 nitrogen and oxygen atoms in total. The molecule has 0 atom stereocenters. The van der Waals surface area contributed by atoms with Crippen molar-refractivity contribution in [3.63, 3.8) is 0 Å². The highest BCUT2D eigenvalue weighted by Gasteiger charge is 2.20. The molecule has 0 N–H and O–H groups in total.